The van der Waals surface area contributed by atoms with E-state index in [4.69, 9.17) is 11.6 Å². The first-order valence-corrected chi connectivity index (χ1v) is 7.26. The molecule has 3 rings (SSSR count). The molecule has 106 valence electrons. The van der Waals surface area contributed by atoms with E-state index >= 15 is 0 Å². The van der Waals surface area contributed by atoms with E-state index in [1.807, 2.05) is 19.2 Å². The Morgan fingerprint density at radius 2 is 2.15 bits per heavy atom. The molecule has 1 unspecified atom stereocenters. The molecule has 2 aliphatic rings. The van der Waals surface area contributed by atoms with Crippen LogP contribution in [0.2, 0.25) is 5.02 Å². The van der Waals surface area contributed by atoms with E-state index in [1.165, 1.54) is 0 Å². The largest absolute Gasteiger partial charge is 0.342 e. The number of carbonyl (C=O) groups excluding carboxylic acids is 2. The maximum absolute atomic E-state index is 12.3. The van der Waals surface area contributed by atoms with Gasteiger partial charge in [-0.3, -0.25) is 9.59 Å². The highest BCUT2D eigenvalue weighted by Gasteiger charge is 2.39. The van der Waals surface area contributed by atoms with Gasteiger partial charge in [0.05, 0.1) is 5.92 Å². The quantitative estimate of drug-likeness (QED) is 0.858. The molecule has 1 saturated carbocycles. The number of hydrogen-bond acceptors (Lipinski definition) is 2. The number of anilines is 1. The molecule has 0 aromatic heterocycles. The predicted molar refractivity (Wildman–Crippen MR) is 77.7 cm³/mol. The van der Waals surface area contributed by atoms with Crippen molar-refractivity contribution in [2.24, 2.45) is 5.92 Å². The van der Waals surface area contributed by atoms with Crippen LogP contribution in [0.4, 0.5) is 5.69 Å². The van der Waals surface area contributed by atoms with Crippen LogP contribution < -0.4 is 4.90 Å². The maximum atomic E-state index is 12.3. The minimum absolute atomic E-state index is 0.00480. The molecule has 0 radical (unpaired) electrons. The fraction of sp³-hybridized carbons (Fsp3) is 0.467. The van der Waals surface area contributed by atoms with Crippen molar-refractivity contribution in [3.05, 3.63) is 29.3 Å². The summed E-state index contributed by atoms with van der Waals surface area (Å²) < 4.78 is 0. The average Bonchev–Trinajstić information content (AvgIpc) is 3.20. The molecule has 1 atom stereocenters. The Bertz CT molecular complexity index is 557. The van der Waals surface area contributed by atoms with Gasteiger partial charge in [0.25, 0.3) is 0 Å². The van der Waals surface area contributed by atoms with Crippen LogP contribution >= 0.6 is 11.6 Å². The molecule has 1 aliphatic carbocycles. The normalized spacial score (nSPS) is 22.2. The van der Waals surface area contributed by atoms with Crippen molar-refractivity contribution in [2.45, 2.75) is 25.3 Å². The number of hydrogen-bond donors (Lipinski definition) is 0. The molecule has 0 spiro atoms. The molecule has 2 amide bonds. The number of carbonyl (C=O) groups is 2. The second kappa shape index (κ2) is 5.09. The number of nitrogens with zero attached hydrogens (tertiary/aromatic N) is 2. The minimum atomic E-state index is -0.230. The maximum Gasteiger partial charge on any atom is 0.228 e. The van der Waals surface area contributed by atoms with Gasteiger partial charge in [-0.1, -0.05) is 17.7 Å². The van der Waals surface area contributed by atoms with Crippen LogP contribution in [0.5, 0.6) is 0 Å². The predicted octanol–water partition coefficient (Wildman–Crippen LogP) is 2.31. The van der Waals surface area contributed by atoms with Crippen molar-refractivity contribution in [3.63, 3.8) is 0 Å². The first kappa shape index (κ1) is 13.4. The monoisotopic (exact) mass is 292 g/mol. The highest BCUT2D eigenvalue weighted by molar-refractivity contribution is 6.30. The summed E-state index contributed by atoms with van der Waals surface area (Å²) in [5.74, 6) is -0.146. The molecule has 1 heterocycles. The summed E-state index contributed by atoms with van der Waals surface area (Å²) in [7, 11) is 1.84. The summed E-state index contributed by atoms with van der Waals surface area (Å²) in [4.78, 5) is 27.9. The zero-order valence-corrected chi connectivity index (χ0v) is 12.1. The number of benzene rings is 1. The molecular formula is C15H17ClN2O2. The zero-order chi connectivity index (χ0) is 14.3. The Morgan fingerprint density at radius 3 is 2.80 bits per heavy atom. The summed E-state index contributed by atoms with van der Waals surface area (Å²) in [6.07, 6.45) is 2.46. The van der Waals surface area contributed by atoms with E-state index in [-0.39, 0.29) is 17.7 Å². The summed E-state index contributed by atoms with van der Waals surface area (Å²) in [6, 6.07) is 7.58. The molecular weight excluding hydrogens is 276 g/mol. The molecule has 1 aliphatic heterocycles. The lowest BCUT2D eigenvalue weighted by atomic mass is 10.1. The smallest absolute Gasteiger partial charge is 0.228 e. The van der Waals surface area contributed by atoms with Crippen molar-refractivity contribution in [1.82, 2.24) is 4.90 Å². The van der Waals surface area contributed by atoms with Crippen molar-refractivity contribution in [3.8, 4) is 0 Å². The molecule has 1 saturated heterocycles. The first-order chi connectivity index (χ1) is 9.56. The Kier molecular flexibility index (Phi) is 3.42. The van der Waals surface area contributed by atoms with Gasteiger partial charge in [0.2, 0.25) is 11.8 Å². The standard InChI is InChI=1S/C15H17ClN2O2/c1-17(12-5-6-12)15(20)10-7-14(19)18(9-10)13-4-2-3-11(16)8-13/h2-4,8,10,12H,5-7,9H2,1H3. The van der Waals surface area contributed by atoms with Gasteiger partial charge in [0.1, 0.15) is 0 Å². The molecule has 1 aromatic rings. The Labute approximate surface area is 123 Å². The third-order valence-corrected chi connectivity index (χ3v) is 4.27. The van der Waals surface area contributed by atoms with Crippen LogP contribution in [-0.4, -0.2) is 36.3 Å². The molecule has 1 aromatic carbocycles. The number of halogens is 1. The topological polar surface area (TPSA) is 40.6 Å². The summed E-state index contributed by atoms with van der Waals surface area (Å²) in [6.45, 7) is 0.453. The lowest BCUT2D eigenvalue weighted by Gasteiger charge is -2.21. The van der Waals surface area contributed by atoms with Crippen LogP contribution in [0.25, 0.3) is 0 Å². The fourth-order valence-corrected chi connectivity index (χ4v) is 2.88. The van der Waals surface area contributed by atoms with E-state index in [1.54, 1.807) is 21.9 Å². The minimum Gasteiger partial charge on any atom is -0.342 e. The Morgan fingerprint density at radius 1 is 1.40 bits per heavy atom. The van der Waals surface area contributed by atoms with Crippen LogP contribution in [0.1, 0.15) is 19.3 Å². The van der Waals surface area contributed by atoms with Gasteiger partial charge >= 0.3 is 0 Å². The second-order valence-corrected chi connectivity index (χ2v) is 6.00. The highest BCUT2D eigenvalue weighted by atomic mass is 35.5. The van der Waals surface area contributed by atoms with E-state index in [0.29, 0.717) is 24.0 Å². The fourth-order valence-electron chi connectivity index (χ4n) is 2.70. The molecule has 5 heteroatoms. The molecule has 0 N–H and O–H groups in total. The summed E-state index contributed by atoms with van der Waals surface area (Å²) >= 11 is 5.96. The highest BCUT2D eigenvalue weighted by Crippen LogP contribution is 2.31. The van der Waals surface area contributed by atoms with E-state index in [0.717, 1.165) is 18.5 Å². The van der Waals surface area contributed by atoms with Crippen LogP contribution in [0.15, 0.2) is 24.3 Å². The van der Waals surface area contributed by atoms with E-state index < -0.39 is 0 Å². The van der Waals surface area contributed by atoms with Gasteiger partial charge in [0.15, 0.2) is 0 Å². The first-order valence-electron chi connectivity index (χ1n) is 6.89. The molecule has 2 fully saturated rings. The Balaban J connectivity index is 1.73. The summed E-state index contributed by atoms with van der Waals surface area (Å²) in [5, 5.41) is 0.597. The van der Waals surface area contributed by atoms with Gasteiger partial charge in [-0.15, -0.1) is 0 Å². The van der Waals surface area contributed by atoms with Crippen LogP contribution in [0, 0.1) is 5.92 Å². The van der Waals surface area contributed by atoms with E-state index in [2.05, 4.69) is 0 Å². The van der Waals surface area contributed by atoms with Gasteiger partial charge < -0.3 is 9.80 Å². The van der Waals surface area contributed by atoms with Gasteiger partial charge in [-0.25, -0.2) is 0 Å². The SMILES string of the molecule is CN(C(=O)C1CC(=O)N(c2cccc(Cl)c2)C1)C1CC1. The third kappa shape index (κ3) is 2.52. The van der Waals surface area contributed by atoms with Crippen LogP contribution in [-0.2, 0) is 9.59 Å². The lowest BCUT2D eigenvalue weighted by molar-refractivity contribution is -0.135. The molecule has 0 bridgehead atoms. The second-order valence-electron chi connectivity index (χ2n) is 5.57. The zero-order valence-electron chi connectivity index (χ0n) is 11.4. The van der Waals surface area contributed by atoms with Gasteiger partial charge in [0, 0.05) is 36.8 Å². The summed E-state index contributed by atoms with van der Waals surface area (Å²) in [5.41, 5.74) is 0.770. The van der Waals surface area contributed by atoms with Crippen molar-refractivity contribution in [2.75, 3.05) is 18.5 Å². The van der Waals surface area contributed by atoms with Crippen molar-refractivity contribution in [1.29, 1.82) is 0 Å². The number of rotatable bonds is 3. The number of amides is 2. The molecule has 20 heavy (non-hydrogen) atoms. The van der Waals surface area contributed by atoms with Crippen LogP contribution in [0.3, 0.4) is 0 Å². The van der Waals surface area contributed by atoms with E-state index in [9.17, 15) is 9.59 Å². The molecule has 4 nitrogen and oxygen atoms in total. The van der Waals surface area contributed by atoms with Gasteiger partial charge in [-0.2, -0.15) is 0 Å². The lowest BCUT2D eigenvalue weighted by Crippen LogP contribution is -2.36. The Hall–Kier alpha value is -1.55. The van der Waals surface area contributed by atoms with Crippen molar-refractivity contribution >= 4 is 29.1 Å². The average molecular weight is 293 g/mol. The van der Waals surface area contributed by atoms with Crippen molar-refractivity contribution < 1.29 is 9.59 Å². The third-order valence-electron chi connectivity index (χ3n) is 4.04. The van der Waals surface area contributed by atoms with Gasteiger partial charge in [-0.05, 0) is 31.0 Å².